The van der Waals surface area contributed by atoms with Gasteiger partial charge < -0.3 is 14.2 Å². The molecule has 0 spiro atoms. The Kier molecular flexibility index (Phi) is 6.38. The van der Waals surface area contributed by atoms with E-state index in [9.17, 15) is 0 Å². The number of ether oxygens (including phenoxy) is 3. The summed E-state index contributed by atoms with van der Waals surface area (Å²) in [7, 11) is 4.86. The van der Waals surface area contributed by atoms with E-state index >= 15 is 0 Å². The lowest BCUT2D eigenvalue weighted by atomic mass is 10.1. The Bertz CT molecular complexity index is 1700. The van der Waals surface area contributed by atoms with Crippen molar-refractivity contribution in [1.29, 1.82) is 0 Å². The standard InChI is InChI=1S/C31H22N2O3/c1-34-27-17-6-21(7-18-27)4-13-25-15-11-23-9-10-24-12-16-26(33-31(24)30(23)32-25)14-5-22-8-19-28(35-2)29(20-22)36-3/h6-12,15-20H,1-3H3. The molecular weight excluding hydrogens is 448 g/mol. The molecule has 174 valence electrons. The van der Waals surface area contributed by atoms with Crippen molar-refractivity contribution in [3.8, 4) is 40.9 Å². The van der Waals surface area contributed by atoms with E-state index in [-0.39, 0.29) is 0 Å². The van der Waals surface area contributed by atoms with E-state index in [0.29, 0.717) is 22.9 Å². The molecule has 2 heterocycles. The third-order valence-electron chi connectivity index (χ3n) is 5.66. The van der Waals surface area contributed by atoms with Crippen LogP contribution in [0.5, 0.6) is 17.2 Å². The van der Waals surface area contributed by atoms with E-state index in [1.807, 2.05) is 78.9 Å². The maximum Gasteiger partial charge on any atom is 0.161 e. The summed E-state index contributed by atoms with van der Waals surface area (Å²) in [4.78, 5) is 9.63. The van der Waals surface area contributed by atoms with Gasteiger partial charge in [-0.3, -0.25) is 0 Å². The highest BCUT2D eigenvalue weighted by Crippen LogP contribution is 2.27. The average molecular weight is 471 g/mol. The minimum atomic E-state index is 0.634. The van der Waals surface area contributed by atoms with Gasteiger partial charge in [0.2, 0.25) is 0 Å². The minimum Gasteiger partial charge on any atom is -0.497 e. The number of nitrogens with zero attached hydrogens (tertiary/aromatic N) is 2. The normalized spacial score (nSPS) is 10.2. The Morgan fingerprint density at radius 2 is 1.03 bits per heavy atom. The first-order chi connectivity index (χ1) is 17.7. The molecule has 0 saturated carbocycles. The van der Waals surface area contributed by atoms with Gasteiger partial charge in [-0.15, -0.1) is 0 Å². The summed E-state index contributed by atoms with van der Waals surface area (Å²) in [5.41, 5.74) is 4.61. The van der Waals surface area contributed by atoms with E-state index < -0.39 is 0 Å². The lowest BCUT2D eigenvalue weighted by molar-refractivity contribution is 0.355. The number of benzene rings is 3. The van der Waals surface area contributed by atoms with Gasteiger partial charge in [0.05, 0.1) is 32.4 Å². The predicted octanol–water partition coefficient (Wildman–Crippen LogP) is 5.61. The van der Waals surface area contributed by atoms with Crippen LogP contribution in [0.1, 0.15) is 22.5 Å². The van der Waals surface area contributed by atoms with Crippen LogP contribution >= 0.6 is 0 Å². The second-order valence-electron chi connectivity index (χ2n) is 7.90. The lowest BCUT2D eigenvalue weighted by Gasteiger charge is -2.06. The van der Waals surface area contributed by atoms with Gasteiger partial charge in [0.25, 0.3) is 0 Å². The van der Waals surface area contributed by atoms with Crippen molar-refractivity contribution in [3.05, 3.63) is 101 Å². The Hall–Kier alpha value is -5.00. The van der Waals surface area contributed by atoms with Crippen molar-refractivity contribution < 1.29 is 14.2 Å². The maximum absolute atomic E-state index is 5.37. The summed E-state index contributed by atoms with van der Waals surface area (Å²) in [6.07, 6.45) is 0. The first kappa shape index (κ1) is 22.8. The number of pyridine rings is 2. The third kappa shape index (κ3) is 4.78. The molecule has 0 amide bonds. The fraction of sp³-hybridized carbons (Fsp3) is 0.0968. The number of methoxy groups -OCH3 is 3. The molecule has 3 aromatic carbocycles. The minimum absolute atomic E-state index is 0.634. The van der Waals surface area contributed by atoms with Gasteiger partial charge in [0, 0.05) is 21.9 Å². The SMILES string of the molecule is COc1ccc(C#Cc2ccc3ccc4ccc(C#Cc5ccc(OC)c(OC)c5)nc4c3n2)cc1. The van der Waals surface area contributed by atoms with Crippen LogP contribution in [0.2, 0.25) is 0 Å². The van der Waals surface area contributed by atoms with Crippen LogP contribution in [0.25, 0.3) is 21.8 Å². The largest absolute Gasteiger partial charge is 0.497 e. The van der Waals surface area contributed by atoms with Gasteiger partial charge in [0.1, 0.15) is 17.1 Å². The molecule has 0 N–H and O–H groups in total. The molecule has 5 rings (SSSR count). The molecule has 0 bridgehead atoms. The van der Waals surface area contributed by atoms with Gasteiger partial charge in [0.15, 0.2) is 11.5 Å². The van der Waals surface area contributed by atoms with Gasteiger partial charge >= 0.3 is 0 Å². The fourth-order valence-corrected chi connectivity index (χ4v) is 3.77. The summed E-state index contributed by atoms with van der Waals surface area (Å²) >= 11 is 0. The van der Waals surface area contributed by atoms with Crippen molar-refractivity contribution in [1.82, 2.24) is 9.97 Å². The summed E-state index contributed by atoms with van der Waals surface area (Å²) in [5, 5.41) is 1.99. The number of hydrogen-bond donors (Lipinski definition) is 0. The van der Waals surface area contributed by atoms with E-state index in [1.54, 1.807) is 21.3 Å². The van der Waals surface area contributed by atoms with Crippen molar-refractivity contribution in [2.24, 2.45) is 0 Å². The number of aromatic nitrogens is 2. The molecule has 0 unspecified atom stereocenters. The fourth-order valence-electron chi connectivity index (χ4n) is 3.77. The molecular formula is C31H22N2O3. The summed E-state index contributed by atoms with van der Waals surface area (Å²) in [6, 6.07) is 25.1. The molecule has 0 aliphatic rings. The van der Waals surface area contributed by atoms with Gasteiger partial charge in [-0.2, -0.15) is 0 Å². The molecule has 0 atom stereocenters. The van der Waals surface area contributed by atoms with Gasteiger partial charge in [-0.25, -0.2) is 9.97 Å². The summed E-state index contributed by atoms with van der Waals surface area (Å²) < 4.78 is 15.9. The quantitative estimate of drug-likeness (QED) is 0.254. The molecule has 0 fully saturated rings. The zero-order valence-electron chi connectivity index (χ0n) is 20.1. The van der Waals surface area contributed by atoms with Crippen LogP contribution < -0.4 is 14.2 Å². The molecule has 2 aromatic heterocycles. The van der Waals surface area contributed by atoms with Crippen LogP contribution in [-0.2, 0) is 0 Å². The average Bonchev–Trinajstić information content (AvgIpc) is 2.94. The molecule has 36 heavy (non-hydrogen) atoms. The van der Waals surface area contributed by atoms with Crippen molar-refractivity contribution >= 4 is 21.8 Å². The topological polar surface area (TPSA) is 53.5 Å². The summed E-state index contributed by atoms with van der Waals surface area (Å²) in [5.74, 6) is 14.7. The molecule has 5 aromatic rings. The summed E-state index contributed by atoms with van der Waals surface area (Å²) in [6.45, 7) is 0. The molecule has 0 saturated heterocycles. The lowest BCUT2D eigenvalue weighted by Crippen LogP contribution is -1.92. The van der Waals surface area contributed by atoms with Gasteiger partial charge in [-0.1, -0.05) is 24.0 Å². The first-order valence-corrected chi connectivity index (χ1v) is 11.3. The van der Waals surface area contributed by atoms with E-state index in [2.05, 4.69) is 23.7 Å². The second-order valence-corrected chi connectivity index (χ2v) is 7.90. The number of fused-ring (bicyclic) bond motifs is 3. The Morgan fingerprint density at radius 3 is 1.58 bits per heavy atom. The van der Waals surface area contributed by atoms with Crippen molar-refractivity contribution in [2.75, 3.05) is 21.3 Å². The first-order valence-electron chi connectivity index (χ1n) is 11.3. The predicted molar refractivity (Wildman–Crippen MR) is 142 cm³/mol. The Balaban J connectivity index is 1.51. The molecule has 0 radical (unpaired) electrons. The Labute approximate surface area is 209 Å². The highest BCUT2D eigenvalue weighted by atomic mass is 16.5. The zero-order valence-corrected chi connectivity index (χ0v) is 20.1. The van der Waals surface area contributed by atoms with E-state index in [1.165, 1.54) is 0 Å². The van der Waals surface area contributed by atoms with E-state index in [0.717, 1.165) is 38.7 Å². The van der Waals surface area contributed by atoms with Crippen LogP contribution in [0.4, 0.5) is 0 Å². The monoisotopic (exact) mass is 470 g/mol. The van der Waals surface area contributed by atoms with Crippen molar-refractivity contribution in [3.63, 3.8) is 0 Å². The van der Waals surface area contributed by atoms with Crippen LogP contribution in [-0.4, -0.2) is 31.3 Å². The van der Waals surface area contributed by atoms with Gasteiger partial charge in [-0.05, 0) is 78.6 Å². The van der Waals surface area contributed by atoms with Crippen molar-refractivity contribution in [2.45, 2.75) is 0 Å². The molecule has 5 heteroatoms. The van der Waals surface area contributed by atoms with Crippen LogP contribution in [0.15, 0.2) is 78.9 Å². The molecule has 0 aliphatic carbocycles. The molecule has 0 aliphatic heterocycles. The highest BCUT2D eigenvalue weighted by Gasteiger charge is 2.06. The third-order valence-corrected chi connectivity index (χ3v) is 5.66. The second kappa shape index (κ2) is 10.1. The van der Waals surface area contributed by atoms with Crippen LogP contribution in [0, 0.1) is 23.7 Å². The maximum atomic E-state index is 5.37. The Morgan fingerprint density at radius 1 is 0.500 bits per heavy atom. The highest BCUT2D eigenvalue weighted by molar-refractivity contribution is 6.03. The van der Waals surface area contributed by atoms with Crippen LogP contribution in [0.3, 0.4) is 0 Å². The zero-order chi connectivity index (χ0) is 24.9. The van der Waals surface area contributed by atoms with E-state index in [4.69, 9.17) is 24.2 Å². The molecule has 5 nitrogen and oxygen atoms in total. The smallest absolute Gasteiger partial charge is 0.161 e. The number of hydrogen-bond acceptors (Lipinski definition) is 5. The number of rotatable bonds is 3.